The molecular weight excluding hydrogens is 248 g/mol. The van der Waals surface area contributed by atoms with Crippen molar-refractivity contribution < 1.29 is 4.79 Å². The molecule has 114 valence electrons. The predicted octanol–water partition coefficient (Wildman–Crippen LogP) is 2.78. The lowest BCUT2D eigenvalue weighted by Gasteiger charge is -2.33. The van der Waals surface area contributed by atoms with Gasteiger partial charge in [0.15, 0.2) is 0 Å². The number of amides is 1. The molecule has 1 aliphatic heterocycles. The maximum atomic E-state index is 11.4. The summed E-state index contributed by atoms with van der Waals surface area (Å²) in [6.07, 6.45) is 6.17. The third kappa shape index (κ3) is 3.85. The molecule has 0 bridgehead atoms. The van der Waals surface area contributed by atoms with Gasteiger partial charge in [0, 0.05) is 33.1 Å². The van der Waals surface area contributed by atoms with Gasteiger partial charge in [-0.15, -0.1) is 0 Å². The molecule has 3 atom stereocenters. The Morgan fingerprint density at radius 1 is 1.40 bits per heavy atom. The van der Waals surface area contributed by atoms with Gasteiger partial charge in [-0.25, -0.2) is 0 Å². The first kappa shape index (κ1) is 15.6. The minimum Gasteiger partial charge on any atom is -0.343 e. The average molecular weight is 278 g/mol. The Balaban J connectivity index is 1.81. The molecular formula is C17H30N2O. The summed E-state index contributed by atoms with van der Waals surface area (Å²) in [5.74, 6) is 2.42. The highest BCUT2D eigenvalue weighted by Gasteiger charge is 2.27. The second-order valence-corrected chi connectivity index (χ2v) is 6.95. The summed E-state index contributed by atoms with van der Waals surface area (Å²) in [5.41, 5.74) is 1.58. The zero-order chi connectivity index (χ0) is 14.7. The number of nitrogens with zero attached hydrogens (tertiary/aromatic N) is 2. The number of hydrogen-bond acceptors (Lipinski definition) is 2. The molecule has 0 aromatic carbocycles. The Morgan fingerprint density at radius 2 is 2.15 bits per heavy atom. The van der Waals surface area contributed by atoms with Gasteiger partial charge in [0.05, 0.1) is 0 Å². The van der Waals surface area contributed by atoms with E-state index in [4.69, 9.17) is 0 Å². The second kappa shape index (κ2) is 6.75. The fourth-order valence-corrected chi connectivity index (χ4v) is 3.82. The Kier molecular flexibility index (Phi) is 5.25. The van der Waals surface area contributed by atoms with E-state index in [9.17, 15) is 4.79 Å². The summed E-state index contributed by atoms with van der Waals surface area (Å²) in [6, 6.07) is 0. The zero-order valence-corrected chi connectivity index (χ0v) is 13.6. The molecule has 1 amide bonds. The normalized spacial score (nSPS) is 30.8. The molecule has 2 aliphatic rings. The fraction of sp³-hybridized carbons (Fsp3) is 0.824. The van der Waals surface area contributed by atoms with Crippen LogP contribution in [0.25, 0.3) is 0 Å². The van der Waals surface area contributed by atoms with Crippen molar-refractivity contribution in [1.82, 2.24) is 9.80 Å². The van der Waals surface area contributed by atoms with Crippen molar-refractivity contribution >= 4 is 5.91 Å². The molecule has 3 heteroatoms. The first-order chi connectivity index (χ1) is 9.47. The van der Waals surface area contributed by atoms with Crippen molar-refractivity contribution in [2.24, 2.45) is 17.8 Å². The minimum atomic E-state index is 0.231. The van der Waals surface area contributed by atoms with Crippen LogP contribution in [0.4, 0.5) is 0 Å². The lowest BCUT2D eigenvalue weighted by atomic mass is 9.80. The fourth-order valence-electron chi connectivity index (χ4n) is 3.82. The third-order valence-corrected chi connectivity index (χ3v) is 5.17. The van der Waals surface area contributed by atoms with Crippen LogP contribution in [-0.4, -0.2) is 48.9 Å². The Bertz CT molecular complexity index is 377. The molecule has 1 heterocycles. The van der Waals surface area contributed by atoms with Gasteiger partial charge in [0.2, 0.25) is 5.91 Å². The lowest BCUT2D eigenvalue weighted by Crippen LogP contribution is -2.35. The zero-order valence-electron chi connectivity index (χ0n) is 13.6. The first-order valence-corrected chi connectivity index (χ1v) is 8.08. The van der Waals surface area contributed by atoms with Crippen molar-refractivity contribution in [3.8, 4) is 0 Å². The van der Waals surface area contributed by atoms with Crippen molar-refractivity contribution in [2.75, 3.05) is 33.2 Å². The van der Waals surface area contributed by atoms with E-state index in [1.165, 1.54) is 25.8 Å². The number of likely N-dealkylation sites (tertiary alicyclic amines) is 1. The smallest absolute Gasteiger partial charge is 0.219 e. The van der Waals surface area contributed by atoms with Crippen molar-refractivity contribution in [1.29, 1.82) is 0 Å². The number of allylic oxidation sites excluding steroid dienone is 1. The SMILES string of the molecule is CC(=O)N1CCC(CN(C)CC2C(C)=CCCC2C)C1. The summed E-state index contributed by atoms with van der Waals surface area (Å²) < 4.78 is 0. The topological polar surface area (TPSA) is 23.6 Å². The first-order valence-electron chi connectivity index (χ1n) is 8.08. The van der Waals surface area contributed by atoms with E-state index in [1.807, 2.05) is 4.90 Å². The van der Waals surface area contributed by atoms with E-state index in [-0.39, 0.29) is 5.91 Å². The van der Waals surface area contributed by atoms with Gasteiger partial charge in [-0.1, -0.05) is 18.6 Å². The van der Waals surface area contributed by atoms with Crippen molar-refractivity contribution in [2.45, 2.75) is 40.0 Å². The van der Waals surface area contributed by atoms with Crippen LogP contribution in [0.3, 0.4) is 0 Å². The Morgan fingerprint density at radius 3 is 2.75 bits per heavy atom. The highest BCUT2D eigenvalue weighted by atomic mass is 16.2. The van der Waals surface area contributed by atoms with E-state index < -0.39 is 0 Å². The van der Waals surface area contributed by atoms with Gasteiger partial charge in [0.25, 0.3) is 0 Å². The lowest BCUT2D eigenvalue weighted by molar-refractivity contribution is -0.127. The van der Waals surface area contributed by atoms with Crippen molar-refractivity contribution in [3.63, 3.8) is 0 Å². The molecule has 2 rings (SSSR count). The van der Waals surface area contributed by atoms with Crippen LogP contribution in [-0.2, 0) is 4.79 Å². The average Bonchev–Trinajstić information content (AvgIpc) is 2.82. The standard InChI is InChI=1S/C17H30N2O/c1-13-6-5-7-14(2)17(13)12-18(4)10-16-8-9-19(11-16)15(3)20/h6,14,16-17H,5,7-12H2,1-4H3. The molecule has 1 fully saturated rings. The van der Waals surface area contributed by atoms with Gasteiger partial charge in [-0.2, -0.15) is 0 Å². The van der Waals surface area contributed by atoms with E-state index in [2.05, 4.69) is 31.9 Å². The summed E-state index contributed by atoms with van der Waals surface area (Å²) in [5, 5.41) is 0. The van der Waals surface area contributed by atoms with E-state index in [0.29, 0.717) is 5.92 Å². The van der Waals surface area contributed by atoms with E-state index in [1.54, 1.807) is 12.5 Å². The molecule has 3 nitrogen and oxygen atoms in total. The van der Waals surface area contributed by atoms with Crippen LogP contribution in [0, 0.1) is 17.8 Å². The van der Waals surface area contributed by atoms with Gasteiger partial charge < -0.3 is 9.80 Å². The highest BCUT2D eigenvalue weighted by molar-refractivity contribution is 5.73. The van der Waals surface area contributed by atoms with Crippen molar-refractivity contribution in [3.05, 3.63) is 11.6 Å². The van der Waals surface area contributed by atoms with Crippen LogP contribution < -0.4 is 0 Å². The summed E-state index contributed by atoms with van der Waals surface area (Å²) in [6.45, 7) is 10.6. The molecule has 0 spiro atoms. The summed E-state index contributed by atoms with van der Waals surface area (Å²) >= 11 is 0. The third-order valence-electron chi connectivity index (χ3n) is 5.17. The van der Waals surface area contributed by atoms with Crippen LogP contribution >= 0.6 is 0 Å². The van der Waals surface area contributed by atoms with E-state index >= 15 is 0 Å². The van der Waals surface area contributed by atoms with Crippen LogP contribution in [0.15, 0.2) is 11.6 Å². The molecule has 0 radical (unpaired) electrons. The molecule has 0 aromatic heterocycles. The Hall–Kier alpha value is -0.830. The molecule has 0 N–H and O–H groups in total. The van der Waals surface area contributed by atoms with Gasteiger partial charge in [0.1, 0.15) is 0 Å². The molecule has 0 saturated carbocycles. The summed E-state index contributed by atoms with van der Waals surface area (Å²) in [4.78, 5) is 15.9. The number of carbonyl (C=O) groups excluding carboxylic acids is 1. The van der Waals surface area contributed by atoms with Gasteiger partial charge in [-0.3, -0.25) is 4.79 Å². The molecule has 0 aromatic rings. The number of hydrogen-bond donors (Lipinski definition) is 0. The Labute approximate surface area is 124 Å². The molecule has 1 saturated heterocycles. The van der Waals surface area contributed by atoms with Crippen LogP contribution in [0.1, 0.15) is 40.0 Å². The number of carbonyl (C=O) groups is 1. The van der Waals surface area contributed by atoms with E-state index in [0.717, 1.165) is 31.5 Å². The largest absolute Gasteiger partial charge is 0.343 e. The predicted molar refractivity (Wildman–Crippen MR) is 83.5 cm³/mol. The van der Waals surface area contributed by atoms with Crippen LogP contribution in [0.5, 0.6) is 0 Å². The molecule has 3 unspecified atom stereocenters. The molecule has 20 heavy (non-hydrogen) atoms. The number of rotatable bonds is 4. The minimum absolute atomic E-state index is 0.231. The quantitative estimate of drug-likeness (QED) is 0.738. The maximum absolute atomic E-state index is 11.4. The highest BCUT2D eigenvalue weighted by Crippen LogP contribution is 2.30. The maximum Gasteiger partial charge on any atom is 0.219 e. The van der Waals surface area contributed by atoms with Gasteiger partial charge >= 0.3 is 0 Å². The van der Waals surface area contributed by atoms with Crippen LogP contribution in [0.2, 0.25) is 0 Å². The summed E-state index contributed by atoms with van der Waals surface area (Å²) in [7, 11) is 2.24. The monoisotopic (exact) mass is 278 g/mol. The van der Waals surface area contributed by atoms with Gasteiger partial charge in [-0.05, 0) is 51.0 Å². The molecule has 1 aliphatic carbocycles. The second-order valence-electron chi connectivity index (χ2n) is 6.95.